The summed E-state index contributed by atoms with van der Waals surface area (Å²) in [4.78, 5) is 27.4. The molecule has 2 heterocycles. The number of benzene rings is 1. The summed E-state index contributed by atoms with van der Waals surface area (Å²) in [5, 5.41) is 6.17. The summed E-state index contributed by atoms with van der Waals surface area (Å²) in [6.07, 6.45) is 4.61. The van der Waals surface area contributed by atoms with Crippen LogP contribution in [0.2, 0.25) is 0 Å². The maximum Gasteiger partial charge on any atom is 0.223 e. The van der Waals surface area contributed by atoms with Crippen molar-refractivity contribution in [1.29, 1.82) is 0 Å². The van der Waals surface area contributed by atoms with E-state index >= 15 is 0 Å². The molecule has 1 aromatic carbocycles. The highest BCUT2D eigenvalue weighted by molar-refractivity contribution is 7.13. The molecule has 2 aliphatic rings. The van der Waals surface area contributed by atoms with Gasteiger partial charge in [-0.3, -0.25) is 15.0 Å². The van der Waals surface area contributed by atoms with Gasteiger partial charge in [0.05, 0.1) is 4.88 Å². The van der Waals surface area contributed by atoms with Crippen LogP contribution in [0.25, 0.3) is 0 Å². The van der Waals surface area contributed by atoms with Crippen molar-refractivity contribution in [3.63, 3.8) is 0 Å². The first-order valence-corrected chi connectivity index (χ1v) is 8.84. The topological polar surface area (TPSA) is 58.5 Å². The lowest BCUT2D eigenvalue weighted by molar-refractivity contribution is -0.115. The van der Waals surface area contributed by atoms with E-state index in [0.717, 1.165) is 29.7 Å². The summed E-state index contributed by atoms with van der Waals surface area (Å²) in [6, 6.07) is 12.7. The number of rotatable bonds is 4. The molecule has 2 aromatic rings. The van der Waals surface area contributed by atoms with Crippen molar-refractivity contribution in [3.8, 4) is 0 Å². The second kappa shape index (κ2) is 5.83. The number of allylic oxidation sites excluding steroid dienone is 1. The number of Topliss-reactive ketones (excluding diaryl/α,β-unsaturated/α-hetero) is 2. The Morgan fingerprint density at radius 2 is 2.00 bits per heavy atom. The van der Waals surface area contributed by atoms with Crippen molar-refractivity contribution in [2.24, 2.45) is 5.10 Å². The van der Waals surface area contributed by atoms with Crippen molar-refractivity contribution >= 4 is 28.6 Å². The van der Waals surface area contributed by atoms with Crippen LogP contribution in [0.15, 0.2) is 64.6 Å². The van der Waals surface area contributed by atoms with Crippen LogP contribution in [-0.4, -0.2) is 22.8 Å². The molecule has 4 rings (SSSR count). The van der Waals surface area contributed by atoms with Crippen molar-refractivity contribution in [2.75, 3.05) is 0 Å². The molecule has 24 heavy (non-hydrogen) atoms. The van der Waals surface area contributed by atoms with Crippen molar-refractivity contribution in [2.45, 2.75) is 24.8 Å². The first-order chi connectivity index (χ1) is 11.7. The molecule has 120 valence electrons. The third kappa shape index (κ3) is 2.16. The Kier molecular flexibility index (Phi) is 3.65. The van der Waals surface area contributed by atoms with E-state index in [-0.39, 0.29) is 11.6 Å². The highest BCUT2D eigenvalue weighted by Gasteiger charge is 2.54. The Bertz CT molecular complexity index is 853. The Hall–Kier alpha value is -2.53. The lowest BCUT2D eigenvalue weighted by Gasteiger charge is -2.27. The van der Waals surface area contributed by atoms with Crippen LogP contribution < -0.4 is 5.43 Å². The molecule has 0 bridgehead atoms. The van der Waals surface area contributed by atoms with Crippen LogP contribution in [0.1, 0.15) is 34.5 Å². The Morgan fingerprint density at radius 1 is 1.17 bits per heavy atom. The first kappa shape index (κ1) is 15.0. The number of hydrazone groups is 1. The number of hydrogen-bond acceptors (Lipinski definition) is 5. The quantitative estimate of drug-likeness (QED) is 0.529. The summed E-state index contributed by atoms with van der Waals surface area (Å²) in [5.74, 6) is -0.469. The summed E-state index contributed by atoms with van der Waals surface area (Å²) in [7, 11) is 0. The normalized spacial score (nSPS) is 22.9. The number of carbonyl (C=O) groups is 2. The van der Waals surface area contributed by atoms with Gasteiger partial charge in [-0.25, -0.2) is 0 Å². The molecule has 1 atom stereocenters. The summed E-state index contributed by atoms with van der Waals surface area (Å²) in [5.41, 5.74) is 3.26. The van der Waals surface area contributed by atoms with Crippen molar-refractivity contribution < 1.29 is 9.59 Å². The fraction of sp³-hybridized carbons (Fsp3) is 0.211. The molecular formula is C19H16N2O2S. The number of ketones is 2. The van der Waals surface area contributed by atoms with E-state index in [0.29, 0.717) is 11.3 Å². The first-order valence-electron chi connectivity index (χ1n) is 7.96. The Labute approximate surface area is 143 Å². The van der Waals surface area contributed by atoms with Gasteiger partial charge in [-0.05, 0) is 36.3 Å². The largest absolute Gasteiger partial charge is 0.291 e. The molecular weight excluding hydrogens is 320 g/mol. The average Bonchev–Trinajstić information content (AvgIpc) is 3.36. The lowest BCUT2D eigenvalue weighted by Crippen LogP contribution is -2.55. The number of hydrogen-bond donors (Lipinski definition) is 1. The van der Waals surface area contributed by atoms with Gasteiger partial charge in [0.2, 0.25) is 17.1 Å². The van der Waals surface area contributed by atoms with Gasteiger partial charge in [-0.15, -0.1) is 11.3 Å². The molecule has 1 unspecified atom stereocenters. The maximum atomic E-state index is 13.3. The van der Waals surface area contributed by atoms with Gasteiger partial charge in [0.1, 0.15) is 5.71 Å². The van der Waals surface area contributed by atoms with Crippen LogP contribution >= 0.6 is 11.3 Å². The van der Waals surface area contributed by atoms with E-state index in [1.54, 1.807) is 12.1 Å². The van der Waals surface area contributed by atoms with Crippen LogP contribution in [0.3, 0.4) is 0 Å². The molecule has 0 saturated carbocycles. The molecule has 4 nitrogen and oxygen atoms in total. The molecule has 0 amide bonds. The monoisotopic (exact) mass is 336 g/mol. The highest BCUT2D eigenvalue weighted by Crippen LogP contribution is 2.36. The van der Waals surface area contributed by atoms with E-state index in [9.17, 15) is 9.59 Å². The predicted octanol–water partition coefficient (Wildman–Crippen LogP) is 3.36. The molecule has 0 radical (unpaired) electrons. The van der Waals surface area contributed by atoms with E-state index in [4.69, 9.17) is 0 Å². The molecule has 0 saturated heterocycles. The third-order valence-corrected chi connectivity index (χ3v) is 5.42. The highest BCUT2D eigenvalue weighted by atomic mass is 32.1. The predicted molar refractivity (Wildman–Crippen MR) is 94.4 cm³/mol. The minimum Gasteiger partial charge on any atom is -0.291 e. The van der Waals surface area contributed by atoms with Gasteiger partial charge in [0, 0.05) is 5.56 Å². The van der Waals surface area contributed by atoms with Gasteiger partial charge in [-0.1, -0.05) is 42.5 Å². The number of carbonyl (C=O) groups excluding carboxylic acids is 2. The van der Waals surface area contributed by atoms with Crippen LogP contribution in [0.4, 0.5) is 0 Å². The Balaban J connectivity index is 1.80. The minimum atomic E-state index is -1.38. The van der Waals surface area contributed by atoms with E-state index in [2.05, 4.69) is 10.5 Å². The summed E-state index contributed by atoms with van der Waals surface area (Å²) < 4.78 is 0. The van der Waals surface area contributed by atoms with Crippen molar-refractivity contribution in [1.82, 2.24) is 5.43 Å². The zero-order valence-corrected chi connectivity index (χ0v) is 13.8. The Morgan fingerprint density at radius 3 is 2.67 bits per heavy atom. The second-order valence-corrected chi connectivity index (χ2v) is 6.89. The second-order valence-electron chi connectivity index (χ2n) is 5.95. The molecule has 1 aliphatic heterocycles. The molecule has 1 N–H and O–H groups in total. The zero-order chi connectivity index (χ0) is 16.6. The smallest absolute Gasteiger partial charge is 0.223 e. The summed E-state index contributed by atoms with van der Waals surface area (Å²) >= 11 is 1.45. The number of nitrogens with zero attached hydrogens (tertiary/aromatic N) is 1. The average molecular weight is 336 g/mol. The third-order valence-electron chi connectivity index (χ3n) is 4.54. The van der Waals surface area contributed by atoms with Crippen LogP contribution in [0.5, 0.6) is 0 Å². The molecule has 5 heteroatoms. The van der Waals surface area contributed by atoms with E-state index < -0.39 is 5.54 Å². The summed E-state index contributed by atoms with van der Waals surface area (Å²) in [6.45, 7) is 0. The van der Waals surface area contributed by atoms with Crippen LogP contribution in [0, 0.1) is 0 Å². The van der Waals surface area contributed by atoms with E-state index in [1.807, 2.05) is 41.8 Å². The zero-order valence-electron chi connectivity index (χ0n) is 13.0. The maximum absolute atomic E-state index is 13.3. The fourth-order valence-electron chi connectivity index (χ4n) is 3.33. The van der Waals surface area contributed by atoms with Gasteiger partial charge < -0.3 is 0 Å². The fourth-order valence-corrected chi connectivity index (χ4v) is 4.04. The van der Waals surface area contributed by atoms with Gasteiger partial charge in [0.25, 0.3) is 0 Å². The van der Waals surface area contributed by atoms with Crippen LogP contribution in [-0.2, 0) is 4.79 Å². The van der Waals surface area contributed by atoms with Gasteiger partial charge in [0.15, 0.2) is 0 Å². The molecule has 1 aliphatic carbocycles. The SMILES string of the molecule is O=C1C(c2cccs2)=NNC1(C(=O)c1ccccc1)C1=CCCC1. The van der Waals surface area contributed by atoms with Gasteiger partial charge in [-0.2, -0.15) is 5.10 Å². The standard InChI is InChI=1S/C19H16N2O2S/c22-17(13-7-2-1-3-8-13)19(14-9-4-5-10-14)18(23)16(20-21-19)15-11-6-12-24-15/h1-3,6-9,11-12,21H,4-5,10H2. The van der Waals surface area contributed by atoms with E-state index in [1.165, 1.54) is 11.3 Å². The van der Waals surface area contributed by atoms with Crippen molar-refractivity contribution in [3.05, 3.63) is 69.9 Å². The lowest BCUT2D eigenvalue weighted by atomic mass is 9.78. The number of nitrogens with one attached hydrogen (secondary N) is 1. The molecule has 0 fully saturated rings. The minimum absolute atomic E-state index is 0.225. The van der Waals surface area contributed by atoms with Gasteiger partial charge >= 0.3 is 0 Å². The molecule has 1 aromatic heterocycles. The number of thiophene rings is 1. The molecule has 0 spiro atoms.